The number of nitrogens with zero attached hydrogens (tertiary/aromatic N) is 3. The van der Waals surface area contributed by atoms with Crippen molar-refractivity contribution in [3.05, 3.63) is 34.8 Å². The second-order valence-corrected chi connectivity index (χ2v) is 6.04. The van der Waals surface area contributed by atoms with E-state index in [1.807, 2.05) is 23.9 Å². The van der Waals surface area contributed by atoms with E-state index in [2.05, 4.69) is 25.8 Å². The molecule has 0 unspecified atom stereocenters. The molecule has 1 aliphatic rings. The molecular formula is C15H17BrFN3O. The van der Waals surface area contributed by atoms with Crippen LogP contribution < -0.4 is 4.90 Å². The molecule has 0 spiro atoms. The first-order chi connectivity index (χ1) is 10.1. The number of rotatable bonds is 3. The minimum Gasteiger partial charge on any atom is -0.380 e. The number of imidazole rings is 1. The van der Waals surface area contributed by atoms with Crippen molar-refractivity contribution in [2.45, 2.75) is 12.5 Å². The first-order valence-electron chi connectivity index (χ1n) is 6.84. The first kappa shape index (κ1) is 14.5. The van der Waals surface area contributed by atoms with E-state index < -0.39 is 0 Å². The normalized spacial score (nSPS) is 18.5. The van der Waals surface area contributed by atoms with Gasteiger partial charge in [-0.05, 0) is 34.5 Å². The third-order valence-corrected chi connectivity index (χ3v) is 4.69. The number of hydrogen-bond donors (Lipinski definition) is 0. The smallest absolute Gasteiger partial charge is 0.140 e. The molecule has 21 heavy (non-hydrogen) atoms. The Labute approximate surface area is 131 Å². The summed E-state index contributed by atoms with van der Waals surface area (Å²) in [5.74, 6) is 0.483. The number of hydrogen-bond acceptors (Lipinski definition) is 3. The largest absolute Gasteiger partial charge is 0.380 e. The van der Waals surface area contributed by atoms with Gasteiger partial charge in [-0.15, -0.1) is 0 Å². The number of aryl methyl sites for hydroxylation is 1. The molecule has 0 amide bonds. The number of ether oxygens (including phenoxy) is 1. The molecule has 1 saturated heterocycles. The number of anilines is 1. The fourth-order valence-electron chi connectivity index (χ4n) is 2.72. The van der Waals surface area contributed by atoms with Gasteiger partial charge in [0, 0.05) is 45.2 Å². The second kappa shape index (κ2) is 5.77. The Kier molecular flexibility index (Phi) is 3.99. The van der Waals surface area contributed by atoms with Crippen LogP contribution in [0.15, 0.2) is 29.0 Å². The molecular weight excluding hydrogens is 337 g/mol. The van der Waals surface area contributed by atoms with E-state index in [1.54, 1.807) is 13.3 Å². The molecule has 112 valence electrons. The monoisotopic (exact) mass is 353 g/mol. The molecule has 1 aliphatic heterocycles. The first-order valence-corrected chi connectivity index (χ1v) is 7.64. The lowest BCUT2D eigenvalue weighted by Gasteiger charge is -2.21. The molecule has 0 N–H and O–H groups in total. The third kappa shape index (κ3) is 2.70. The van der Waals surface area contributed by atoms with Gasteiger partial charge in [0.05, 0.1) is 16.3 Å². The van der Waals surface area contributed by atoms with Crippen molar-refractivity contribution in [2.24, 2.45) is 7.05 Å². The molecule has 4 nitrogen and oxygen atoms in total. The summed E-state index contributed by atoms with van der Waals surface area (Å²) in [5, 5.41) is 0. The van der Waals surface area contributed by atoms with Crippen LogP contribution in [-0.4, -0.2) is 35.9 Å². The van der Waals surface area contributed by atoms with E-state index >= 15 is 0 Å². The molecule has 1 aromatic carbocycles. The van der Waals surface area contributed by atoms with Crippen molar-refractivity contribution < 1.29 is 9.13 Å². The highest BCUT2D eigenvalue weighted by atomic mass is 79.9. The fraction of sp³-hybridized carbons (Fsp3) is 0.400. The van der Waals surface area contributed by atoms with E-state index in [4.69, 9.17) is 4.74 Å². The van der Waals surface area contributed by atoms with Crippen molar-refractivity contribution in [3.63, 3.8) is 0 Å². The highest BCUT2D eigenvalue weighted by Gasteiger charge is 2.25. The van der Waals surface area contributed by atoms with Crippen LogP contribution in [0, 0.1) is 5.82 Å². The van der Waals surface area contributed by atoms with Crippen molar-refractivity contribution in [2.75, 3.05) is 25.1 Å². The maximum Gasteiger partial charge on any atom is 0.140 e. The Bertz CT molecular complexity index is 658. The van der Waals surface area contributed by atoms with Crippen LogP contribution >= 0.6 is 15.9 Å². The number of methoxy groups -OCH3 is 1. The standard InChI is InChI=1S/C15H17BrFN3O/c1-19-6-4-18-15(19)10-7-12(17)14(16)13(8-10)20-5-3-11(9-20)21-2/h4,6-8,11H,3,5,9H2,1-2H3/t11-/m1/s1. The van der Waals surface area contributed by atoms with Crippen molar-refractivity contribution >= 4 is 21.6 Å². The lowest BCUT2D eigenvalue weighted by Crippen LogP contribution is -2.22. The van der Waals surface area contributed by atoms with Crippen LogP contribution in [0.1, 0.15) is 6.42 Å². The average Bonchev–Trinajstić information content (AvgIpc) is 3.10. The highest BCUT2D eigenvalue weighted by molar-refractivity contribution is 9.10. The van der Waals surface area contributed by atoms with Crippen LogP contribution in [0.25, 0.3) is 11.4 Å². The van der Waals surface area contributed by atoms with E-state index in [9.17, 15) is 4.39 Å². The van der Waals surface area contributed by atoms with Crippen molar-refractivity contribution in [3.8, 4) is 11.4 Å². The molecule has 0 saturated carbocycles. The van der Waals surface area contributed by atoms with E-state index in [0.29, 0.717) is 4.47 Å². The van der Waals surface area contributed by atoms with Gasteiger partial charge in [-0.1, -0.05) is 0 Å². The summed E-state index contributed by atoms with van der Waals surface area (Å²) < 4.78 is 22.0. The van der Waals surface area contributed by atoms with Crippen LogP contribution in [0.3, 0.4) is 0 Å². The molecule has 1 fully saturated rings. The quantitative estimate of drug-likeness (QED) is 0.848. The Morgan fingerprint density at radius 1 is 1.43 bits per heavy atom. The summed E-state index contributed by atoms with van der Waals surface area (Å²) in [6.45, 7) is 1.64. The van der Waals surface area contributed by atoms with Gasteiger partial charge in [0.2, 0.25) is 0 Å². The van der Waals surface area contributed by atoms with E-state index in [1.165, 1.54) is 6.07 Å². The SMILES string of the molecule is CO[C@@H]1CCN(c2cc(-c3nccn3C)cc(F)c2Br)C1. The van der Waals surface area contributed by atoms with Crippen molar-refractivity contribution in [1.29, 1.82) is 0 Å². The lowest BCUT2D eigenvalue weighted by molar-refractivity contribution is 0.121. The summed E-state index contributed by atoms with van der Waals surface area (Å²) in [6.07, 6.45) is 4.73. The zero-order chi connectivity index (χ0) is 15.0. The van der Waals surface area contributed by atoms with Crippen LogP contribution in [-0.2, 0) is 11.8 Å². The van der Waals surface area contributed by atoms with Gasteiger partial charge in [0.15, 0.2) is 0 Å². The van der Waals surface area contributed by atoms with Gasteiger partial charge >= 0.3 is 0 Å². The minimum absolute atomic E-state index is 0.205. The molecule has 0 aliphatic carbocycles. The number of halogens is 2. The maximum atomic E-state index is 14.3. The molecule has 0 radical (unpaired) electrons. The minimum atomic E-state index is -0.272. The highest BCUT2D eigenvalue weighted by Crippen LogP contribution is 2.35. The van der Waals surface area contributed by atoms with Gasteiger partial charge in [-0.25, -0.2) is 9.37 Å². The lowest BCUT2D eigenvalue weighted by atomic mass is 10.1. The van der Waals surface area contributed by atoms with Crippen LogP contribution in [0.4, 0.5) is 10.1 Å². The van der Waals surface area contributed by atoms with Gasteiger partial charge < -0.3 is 14.2 Å². The third-order valence-electron chi connectivity index (χ3n) is 3.91. The topological polar surface area (TPSA) is 30.3 Å². The Morgan fingerprint density at radius 3 is 2.86 bits per heavy atom. The predicted octanol–water partition coefficient (Wildman–Crippen LogP) is 3.21. The van der Waals surface area contributed by atoms with Gasteiger partial charge in [0.1, 0.15) is 11.6 Å². The Morgan fingerprint density at radius 2 is 2.24 bits per heavy atom. The Hall–Kier alpha value is -1.40. The maximum absolute atomic E-state index is 14.3. The van der Waals surface area contributed by atoms with Gasteiger partial charge in [0.25, 0.3) is 0 Å². The van der Waals surface area contributed by atoms with Gasteiger partial charge in [-0.2, -0.15) is 0 Å². The summed E-state index contributed by atoms with van der Waals surface area (Å²) in [4.78, 5) is 6.44. The zero-order valence-electron chi connectivity index (χ0n) is 12.0. The van der Waals surface area contributed by atoms with Crippen LogP contribution in [0.5, 0.6) is 0 Å². The molecule has 1 aromatic heterocycles. The summed E-state index contributed by atoms with van der Waals surface area (Å²) >= 11 is 3.36. The molecule has 2 heterocycles. The molecule has 3 rings (SSSR count). The fourth-order valence-corrected chi connectivity index (χ4v) is 3.20. The summed E-state index contributed by atoms with van der Waals surface area (Å²) in [5.41, 5.74) is 1.63. The average molecular weight is 354 g/mol. The zero-order valence-corrected chi connectivity index (χ0v) is 13.6. The van der Waals surface area contributed by atoms with Crippen molar-refractivity contribution in [1.82, 2.24) is 9.55 Å². The number of benzene rings is 1. The molecule has 6 heteroatoms. The van der Waals surface area contributed by atoms with Crippen LogP contribution in [0.2, 0.25) is 0 Å². The number of aromatic nitrogens is 2. The Balaban J connectivity index is 2.01. The predicted molar refractivity (Wildman–Crippen MR) is 83.9 cm³/mol. The van der Waals surface area contributed by atoms with E-state index in [0.717, 1.165) is 36.6 Å². The second-order valence-electron chi connectivity index (χ2n) is 5.25. The van der Waals surface area contributed by atoms with E-state index in [-0.39, 0.29) is 11.9 Å². The van der Waals surface area contributed by atoms with Gasteiger partial charge in [-0.3, -0.25) is 0 Å². The summed E-state index contributed by atoms with van der Waals surface area (Å²) in [7, 11) is 3.62. The molecule has 2 aromatic rings. The summed E-state index contributed by atoms with van der Waals surface area (Å²) in [6, 6.07) is 3.49. The molecule has 0 bridgehead atoms. The molecule has 1 atom stereocenters.